The minimum Gasteiger partial charge on any atom is -0.315 e. The van der Waals surface area contributed by atoms with Crippen molar-refractivity contribution in [2.45, 2.75) is 30.0 Å². The molecular weight excluding hydrogens is 262 g/mol. The Morgan fingerprint density at radius 2 is 2.18 bits per heavy atom. The van der Waals surface area contributed by atoms with Crippen molar-refractivity contribution in [2.75, 3.05) is 13.1 Å². The molecule has 0 saturated carbocycles. The molecule has 2 heterocycles. The van der Waals surface area contributed by atoms with Crippen molar-refractivity contribution in [3.63, 3.8) is 0 Å². The molecule has 0 aliphatic carbocycles. The lowest BCUT2D eigenvalue weighted by Gasteiger charge is -2.23. The number of H-pyrrole nitrogens is 1. The van der Waals surface area contributed by atoms with Crippen molar-refractivity contribution in [3.8, 4) is 0 Å². The van der Waals surface area contributed by atoms with Crippen LogP contribution in [0.3, 0.4) is 0 Å². The fraction of sp³-hybridized carbons (Fsp3) is 0.667. The van der Waals surface area contributed by atoms with Crippen LogP contribution in [0.15, 0.2) is 9.00 Å². The second-order valence-corrected chi connectivity index (χ2v) is 7.38. The van der Waals surface area contributed by atoms with Gasteiger partial charge < -0.3 is 10.3 Å². The van der Waals surface area contributed by atoms with Gasteiger partial charge in [-0.3, -0.25) is 4.79 Å². The summed E-state index contributed by atoms with van der Waals surface area (Å²) in [5.41, 5.74) is -0.0831. The number of aromatic amines is 1. The zero-order valence-corrected chi connectivity index (χ0v) is 11.3. The molecule has 1 unspecified atom stereocenters. The monoisotopic (exact) mass is 277 g/mol. The minimum atomic E-state index is -3.61. The summed E-state index contributed by atoms with van der Waals surface area (Å²) in [5.74, 6) is 0. The highest BCUT2D eigenvalue weighted by atomic mass is 32.2. The van der Waals surface area contributed by atoms with Crippen LogP contribution in [-0.2, 0) is 10.0 Å². The summed E-state index contributed by atoms with van der Waals surface area (Å²) in [5, 5.41) is 3.11. The molecule has 1 fully saturated rings. The van der Waals surface area contributed by atoms with Gasteiger partial charge in [0, 0.05) is 17.8 Å². The number of hydrogen-bond donors (Lipinski definition) is 3. The Morgan fingerprint density at radius 3 is 2.65 bits per heavy atom. The number of aromatic nitrogens is 1. The average molecular weight is 277 g/mol. The first-order chi connectivity index (χ1) is 7.82. The van der Waals surface area contributed by atoms with E-state index in [4.69, 9.17) is 0 Å². The van der Waals surface area contributed by atoms with Crippen molar-refractivity contribution < 1.29 is 8.42 Å². The highest BCUT2D eigenvalue weighted by Crippen LogP contribution is 2.21. The lowest BCUT2D eigenvalue weighted by atomic mass is 10.0. The van der Waals surface area contributed by atoms with Crippen molar-refractivity contribution in [1.82, 2.24) is 15.0 Å². The molecule has 0 spiro atoms. The highest BCUT2D eigenvalue weighted by molar-refractivity contribution is 7.91. The maximum absolute atomic E-state index is 12.1. The Balaban J connectivity index is 2.31. The number of aryl methyl sites for hydroxylation is 1. The summed E-state index contributed by atoms with van der Waals surface area (Å²) in [6.45, 7) is 4.84. The second kappa shape index (κ2) is 4.20. The molecule has 3 N–H and O–H groups in total. The van der Waals surface area contributed by atoms with Gasteiger partial charge in [0.1, 0.15) is 0 Å². The van der Waals surface area contributed by atoms with Crippen LogP contribution in [0, 0.1) is 6.92 Å². The first-order valence-electron chi connectivity index (χ1n) is 5.27. The fourth-order valence-electron chi connectivity index (χ4n) is 1.92. The molecule has 1 aliphatic heterocycles. The van der Waals surface area contributed by atoms with Gasteiger partial charge in [0.15, 0.2) is 4.21 Å². The Kier molecular flexibility index (Phi) is 3.15. The Bertz CT molecular complexity index is 567. The van der Waals surface area contributed by atoms with E-state index in [1.54, 1.807) is 6.92 Å². The van der Waals surface area contributed by atoms with E-state index in [-0.39, 0.29) is 9.08 Å². The van der Waals surface area contributed by atoms with E-state index in [9.17, 15) is 13.2 Å². The number of rotatable bonds is 3. The van der Waals surface area contributed by atoms with Gasteiger partial charge in [0.2, 0.25) is 0 Å². The molecule has 1 saturated heterocycles. The highest BCUT2D eigenvalue weighted by Gasteiger charge is 2.34. The zero-order chi connectivity index (χ0) is 12.7. The third kappa shape index (κ3) is 2.59. The molecule has 0 radical (unpaired) electrons. The number of nitrogens with one attached hydrogen (secondary N) is 3. The van der Waals surface area contributed by atoms with Gasteiger partial charge in [0.05, 0.1) is 0 Å². The van der Waals surface area contributed by atoms with Crippen molar-refractivity contribution in [1.29, 1.82) is 0 Å². The molecule has 96 valence electrons. The minimum absolute atomic E-state index is 0.0793. The van der Waals surface area contributed by atoms with E-state index in [0.717, 1.165) is 24.3 Å². The molecule has 1 aromatic rings. The maximum Gasteiger partial charge on any atom is 0.305 e. The zero-order valence-electron chi connectivity index (χ0n) is 9.66. The third-order valence-corrected chi connectivity index (χ3v) is 6.02. The molecule has 8 heteroatoms. The maximum atomic E-state index is 12.1. The van der Waals surface area contributed by atoms with Gasteiger partial charge in [-0.25, -0.2) is 13.1 Å². The van der Waals surface area contributed by atoms with Crippen LogP contribution in [0.25, 0.3) is 0 Å². The quantitative estimate of drug-likeness (QED) is 0.712. The summed E-state index contributed by atoms with van der Waals surface area (Å²) in [6.07, 6.45) is 0.741. The lowest BCUT2D eigenvalue weighted by molar-refractivity contribution is 0.452. The van der Waals surface area contributed by atoms with Crippen LogP contribution >= 0.6 is 11.3 Å². The first-order valence-corrected chi connectivity index (χ1v) is 7.57. The average Bonchev–Trinajstić information content (AvgIpc) is 2.72. The van der Waals surface area contributed by atoms with Crippen LogP contribution in [-0.4, -0.2) is 32.0 Å². The van der Waals surface area contributed by atoms with Gasteiger partial charge in [-0.05, 0) is 26.8 Å². The summed E-state index contributed by atoms with van der Waals surface area (Å²) in [6, 6.07) is 0. The predicted octanol–water partition coefficient (Wildman–Crippen LogP) is -0.225. The molecule has 1 aromatic heterocycles. The molecule has 0 amide bonds. The largest absolute Gasteiger partial charge is 0.315 e. The van der Waals surface area contributed by atoms with Crippen molar-refractivity contribution in [3.05, 3.63) is 15.4 Å². The molecular formula is C9H15N3O3S2. The third-order valence-electron chi connectivity index (χ3n) is 2.77. The van der Waals surface area contributed by atoms with Crippen molar-refractivity contribution >= 4 is 21.4 Å². The van der Waals surface area contributed by atoms with Crippen LogP contribution in [0.1, 0.15) is 19.0 Å². The molecule has 1 atom stereocenters. The van der Waals surface area contributed by atoms with Gasteiger partial charge in [-0.15, -0.1) is 0 Å². The van der Waals surface area contributed by atoms with Gasteiger partial charge >= 0.3 is 4.87 Å². The molecule has 2 rings (SSSR count). The molecule has 6 nitrogen and oxygen atoms in total. The van der Waals surface area contributed by atoms with E-state index in [0.29, 0.717) is 12.2 Å². The van der Waals surface area contributed by atoms with Crippen LogP contribution in [0.4, 0.5) is 0 Å². The van der Waals surface area contributed by atoms with Crippen LogP contribution < -0.4 is 14.9 Å². The van der Waals surface area contributed by atoms with Gasteiger partial charge in [-0.1, -0.05) is 11.3 Å². The molecule has 17 heavy (non-hydrogen) atoms. The fourth-order valence-corrected chi connectivity index (χ4v) is 4.66. The smallest absolute Gasteiger partial charge is 0.305 e. The van der Waals surface area contributed by atoms with E-state index >= 15 is 0 Å². The van der Waals surface area contributed by atoms with Crippen LogP contribution in [0.2, 0.25) is 0 Å². The molecule has 0 bridgehead atoms. The molecule has 0 aromatic carbocycles. The topological polar surface area (TPSA) is 91.1 Å². The number of hydrogen-bond acceptors (Lipinski definition) is 5. The Hall–Kier alpha value is -0.700. The van der Waals surface area contributed by atoms with Gasteiger partial charge in [-0.2, -0.15) is 0 Å². The normalized spacial score (nSPS) is 25.3. The van der Waals surface area contributed by atoms with Gasteiger partial charge in [0.25, 0.3) is 10.0 Å². The SMILES string of the molecule is Cc1[nH]c(=O)sc1S(=O)(=O)NC1(C)CCNC1. The van der Waals surface area contributed by atoms with E-state index in [1.165, 1.54) is 0 Å². The Labute approximate surface area is 103 Å². The Morgan fingerprint density at radius 1 is 1.47 bits per heavy atom. The summed E-state index contributed by atoms with van der Waals surface area (Å²) in [4.78, 5) is 13.3. The summed E-state index contributed by atoms with van der Waals surface area (Å²) in [7, 11) is -3.61. The predicted molar refractivity (Wildman–Crippen MR) is 65.9 cm³/mol. The first kappa shape index (κ1) is 12.7. The standard InChI is InChI=1S/C9H15N3O3S2/c1-6-7(16-8(13)11-6)17(14,15)12-9(2)3-4-10-5-9/h10,12H,3-5H2,1-2H3,(H,11,13). The number of thiazole rings is 1. The van der Waals surface area contributed by atoms with Crippen LogP contribution in [0.5, 0.6) is 0 Å². The van der Waals surface area contributed by atoms with E-state index in [2.05, 4.69) is 15.0 Å². The van der Waals surface area contributed by atoms with E-state index in [1.807, 2.05) is 6.92 Å². The van der Waals surface area contributed by atoms with E-state index < -0.39 is 15.6 Å². The molecule has 1 aliphatic rings. The summed E-state index contributed by atoms with van der Waals surface area (Å²) >= 11 is 0.721. The number of sulfonamides is 1. The van der Waals surface area contributed by atoms with Crippen molar-refractivity contribution in [2.24, 2.45) is 0 Å². The second-order valence-electron chi connectivity index (χ2n) is 4.52. The summed E-state index contributed by atoms with van der Waals surface area (Å²) < 4.78 is 27.0. The lowest BCUT2D eigenvalue weighted by Crippen LogP contribution is -2.47.